The van der Waals surface area contributed by atoms with Gasteiger partial charge in [-0.2, -0.15) is 18.3 Å². The third-order valence-corrected chi connectivity index (χ3v) is 3.42. The van der Waals surface area contributed by atoms with Crippen LogP contribution < -0.4 is 0 Å². The molecule has 0 aromatic carbocycles. The molecule has 0 N–H and O–H groups in total. The Morgan fingerprint density at radius 3 is 2.64 bits per heavy atom. The smallest absolute Gasteiger partial charge is 0.335 e. The van der Waals surface area contributed by atoms with Gasteiger partial charge in [-0.1, -0.05) is 0 Å². The summed E-state index contributed by atoms with van der Waals surface area (Å²) >= 11 is 0. The summed E-state index contributed by atoms with van der Waals surface area (Å²) in [6.45, 7) is 1.72. The zero-order valence-corrected chi connectivity index (χ0v) is 12.3. The largest absolute Gasteiger partial charge is 0.434 e. The molecule has 8 heteroatoms. The maximum Gasteiger partial charge on any atom is 0.434 e. The molecule has 0 radical (unpaired) electrons. The van der Waals surface area contributed by atoms with Gasteiger partial charge in [0.2, 0.25) is 0 Å². The fraction of sp³-hybridized carbons (Fsp3) is 0.357. The summed E-state index contributed by atoms with van der Waals surface area (Å²) < 4.78 is 40.4. The van der Waals surface area contributed by atoms with Crippen LogP contribution in [0.5, 0.6) is 0 Å². The van der Waals surface area contributed by atoms with Crippen LogP contribution in [0.2, 0.25) is 0 Å². The molecule has 22 heavy (non-hydrogen) atoms. The quantitative estimate of drug-likeness (QED) is 0.875. The molecule has 2 aromatic heterocycles. The van der Waals surface area contributed by atoms with Crippen LogP contribution in [0.1, 0.15) is 34.6 Å². The average molecular weight is 312 g/mol. The van der Waals surface area contributed by atoms with Crippen LogP contribution >= 0.6 is 0 Å². The second-order valence-electron chi connectivity index (χ2n) is 4.94. The molecular formula is C14H15F3N4O. The van der Waals surface area contributed by atoms with Crippen LogP contribution in [0.15, 0.2) is 30.7 Å². The number of amides is 1. The van der Waals surface area contributed by atoms with E-state index in [1.54, 1.807) is 31.0 Å². The lowest BCUT2D eigenvalue weighted by atomic mass is 10.1. The van der Waals surface area contributed by atoms with Crippen molar-refractivity contribution < 1.29 is 18.0 Å². The molecular weight excluding hydrogens is 297 g/mol. The summed E-state index contributed by atoms with van der Waals surface area (Å²) in [6, 6.07) is 2.03. The lowest BCUT2D eigenvalue weighted by Crippen LogP contribution is -2.31. The van der Waals surface area contributed by atoms with Crippen LogP contribution in [-0.4, -0.2) is 32.6 Å². The summed E-state index contributed by atoms with van der Waals surface area (Å²) in [4.78, 5) is 16.9. The van der Waals surface area contributed by atoms with Crippen molar-refractivity contribution in [2.24, 2.45) is 7.05 Å². The molecule has 0 spiro atoms. The fourth-order valence-corrected chi connectivity index (χ4v) is 2.05. The van der Waals surface area contributed by atoms with Gasteiger partial charge in [-0.05, 0) is 19.1 Å². The first-order valence-corrected chi connectivity index (χ1v) is 6.49. The van der Waals surface area contributed by atoms with E-state index in [2.05, 4.69) is 10.1 Å². The molecule has 2 heterocycles. The van der Waals surface area contributed by atoms with E-state index in [-0.39, 0.29) is 0 Å². The van der Waals surface area contributed by atoms with Crippen LogP contribution in [0.25, 0.3) is 0 Å². The van der Waals surface area contributed by atoms with E-state index in [0.717, 1.165) is 17.8 Å². The molecule has 0 bridgehead atoms. The van der Waals surface area contributed by atoms with Gasteiger partial charge in [0, 0.05) is 32.1 Å². The van der Waals surface area contributed by atoms with E-state index in [1.165, 1.54) is 18.0 Å². The Bertz CT molecular complexity index is 681. The number of carbonyl (C=O) groups excluding carboxylic acids is 1. The predicted molar refractivity (Wildman–Crippen MR) is 73.0 cm³/mol. The van der Waals surface area contributed by atoms with Crippen LogP contribution in [-0.2, 0) is 13.2 Å². The van der Waals surface area contributed by atoms with Crippen LogP contribution in [0, 0.1) is 0 Å². The summed E-state index contributed by atoms with van der Waals surface area (Å²) in [6.07, 6.45) is -0.375. The van der Waals surface area contributed by atoms with E-state index < -0.39 is 29.4 Å². The zero-order valence-electron chi connectivity index (χ0n) is 12.3. The average Bonchev–Trinajstić information content (AvgIpc) is 2.90. The molecule has 0 unspecified atom stereocenters. The van der Waals surface area contributed by atoms with Gasteiger partial charge >= 0.3 is 6.18 Å². The summed E-state index contributed by atoms with van der Waals surface area (Å²) in [5.41, 5.74) is -0.908. The van der Waals surface area contributed by atoms with Crippen molar-refractivity contribution in [3.8, 4) is 0 Å². The molecule has 1 amide bonds. The monoisotopic (exact) mass is 312 g/mol. The van der Waals surface area contributed by atoms with Gasteiger partial charge in [0.05, 0.1) is 17.8 Å². The first-order valence-electron chi connectivity index (χ1n) is 6.49. The third-order valence-electron chi connectivity index (χ3n) is 3.42. The first kappa shape index (κ1) is 16.0. The Kier molecular flexibility index (Phi) is 4.20. The highest BCUT2D eigenvalue weighted by atomic mass is 19.4. The normalized spacial score (nSPS) is 13.0. The number of rotatable bonds is 3. The summed E-state index contributed by atoms with van der Waals surface area (Å²) in [5.74, 6) is -0.739. The predicted octanol–water partition coefficient (Wildman–Crippen LogP) is 2.67. The molecule has 118 valence electrons. The van der Waals surface area contributed by atoms with Crippen molar-refractivity contribution >= 4 is 5.91 Å². The minimum absolute atomic E-state index is 0.414. The number of aryl methyl sites for hydroxylation is 1. The number of carbonyl (C=O) groups is 1. The maximum atomic E-state index is 13.0. The van der Waals surface area contributed by atoms with E-state index in [4.69, 9.17) is 0 Å². The first-order chi connectivity index (χ1) is 10.2. The highest BCUT2D eigenvalue weighted by Gasteiger charge is 2.38. The van der Waals surface area contributed by atoms with Gasteiger partial charge in [0.25, 0.3) is 5.91 Å². The molecule has 2 aromatic rings. The van der Waals surface area contributed by atoms with Crippen molar-refractivity contribution in [1.82, 2.24) is 19.7 Å². The molecule has 2 rings (SSSR count). The molecule has 0 saturated heterocycles. The van der Waals surface area contributed by atoms with Crippen LogP contribution in [0.3, 0.4) is 0 Å². The lowest BCUT2D eigenvalue weighted by Gasteiger charge is -2.25. The number of hydrogen-bond acceptors (Lipinski definition) is 3. The van der Waals surface area contributed by atoms with Gasteiger partial charge in [-0.3, -0.25) is 14.5 Å². The van der Waals surface area contributed by atoms with Gasteiger partial charge < -0.3 is 4.90 Å². The van der Waals surface area contributed by atoms with E-state index in [0.29, 0.717) is 0 Å². The molecule has 0 aliphatic rings. The molecule has 0 aliphatic carbocycles. The van der Waals surface area contributed by atoms with Gasteiger partial charge in [0.1, 0.15) is 0 Å². The Labute approximate surface area is 125 Å². The molecule has 1 atom stereocenters. The second-order valence-corrected chi connectivity index (χ2v) is 4.94. The van der Waals surface area contributed by atoms with Gasteiger partial charge in [0.15, 0.2) is 5.69 Å². The highest BCUT2D eigenvalue weighted by Crippen LogP contribution is 2.31. The number of halogens is 3. The van der Waals surface area contributed by atoms with Crippen LogP contribution in [0.4, 0.5) is 13.2 Å². The Morgan fingerprint density at radius 2 is 2.09 bits per heavy atom. The topological polar surface area (TPSA) is 51.0 Å². The van der Waals surface area contributed by atoms with E-state index >= 15 is 0 Å². The van der Waals surface area contributed by atoms with Crippen molar-refractivity contribution in [2.75, 3.05) is 7.05 Å². The SMILES string of the molecule is C[C@H](c1cnn(C)c1)N(C)C(=O)c1cccnc1C(F)(F)F. The highest BCUT2D eigenvalue weighted by molar-refractivity contribution is 5.95. The minimum Gasteiger partial charge on any atom is -0.335 e. The van der Waals surface area contributed by atoms with Gasteiger partial charge in [-0.15, -0.1) is 0 Å². The summed E-state index contributed by atoms with van der Waals surface area (Å²) in [5, 5.41) is 4.00. The van der Waals surface area contributed by atoms with Crippen molar-refractivity contribution in [3.05, 3.63) is 47.5 Å². The standard InChI is InChI=1S/C14H15F3N4O/c1-9(10-7-19-20(2)8-10)21(3)13(22)11-5-4-6-18-12(11)14(15,16)17/h4-9H,1-3H3/t9-/m1/s1. The molecule has 0 aliphatic heterocycles. The Morgan fingerprint density at radius 1 is 1.41 bits per heavy atom. The number of pyridine rings is 1. The molecule has 0 saturated carbocycles. The third kappa shape index (κ3) is 3.10. The fourth-order valence-electron chi connectivity index (χ4n) is 2.05. The van der Waals surface area contributed by atoms with E-state index in [1.807, 2.05) is 0 Å². The zero-order chi connectivity index (χ0) is 16.5. The second kappa shape index (κ2) is 5.78. The Balaban J connectivity index is 2.32. The van der Waals surface area contributed by atoms with Crippen molar-refractivity contribution in [1.29, 1.82) is 0 Å². The van der Waals surface area contributed by atoms with Gasteiger partial charge in [-0.25, -0.2) is 0 Å². The Hall–Kier alpha value is -2.38. The number of nitrogens with zero attached hydrogens (tertiary/aromatic N) is 4. The number of aromatic nitrogens is 3. The minimum atomic E-state index is -4.68. The number of alkyl halides is 3. The van der Waals surface area contributed by atoms with Crippen molar-refractivity contribution in [3.63, 3.8) is 0 Å². The molecule has 0 fully saturated rings. The number of hydrogen-bond donors (Lipinski definition) is 0. The van der Waals surface area contributed by atoms with Crippen molar-refractivity contribution in [2.45, 2.75) is 19.1 Å². The summed E-state index contributed by atoms with van der Waals surface area (Å²) in [7, 11) is 3.17. The lowest BCUT2D eigenvalue weighted by molar-refractivity contribution is -0.141. The molecule has 5 nitrogen and oxygen atoms in total. The maximum absolute atomic E-state index is 13.0. The van der Waals surface area contributed by atoms with E-state index in [9.17, 15) is 18.0 Å².